The number of hydrogen-bond acceptors (Lipinski definition) is 3. The van der Waals surface area contributed by atoms with E-state index in [4.69, 9.17) is 9.47 Å². The summed E-state index contributed by atoms with van der Waals surface area (Å²) >= 11 is 0. The van der Waals surface area contributed by atoms with Crippen molar-refractivity contribution >= 4 is 5.97 Å². The fourth-order valence-corrected chi connectivity index (χ4v) is 2.44. The van der Waals surface area contributed by atoms with Gasteiger partial charge in [-0.1, -0.05) is 38.8 Å². The fourth-order valence-electron chi connectivity index (χ4n) is 2.44. The zero-order valence-electron chi connectivity index (χ0n) is 13.0. The number of carbonyl (C=O) groups excluding carboxylic acids is 1. The first-order valence-corrected chi connectivity index (χ1v) is 7.30. The van der Waals surface area contributed by atoms with Crippen LogP contribution in [0.4, 0.5) is 0 Å². The van der Waals surface area contributed by atoms with Crippen molar-refractivity contribution in [3.05, 3.63) is 11.6 Å². The maximum Gasteiger partial charge on any atom is 0.310 e. The van der Waals surface area contributed by atoms with E-state index in [0.717, 1.165) is 19.4 Å². The number of hydrogen-bond donors (Lipinski definition) is 0. The maximum absolute atomic E-state index is 12.0. The largest absolute Gasteiger partial charge is 0.463 e. The lowest BCUT2D eigenvalue weighted by molar-refractivity contribution is -0.147. The number of carbonyl (C=O) groups is 1. The Morgan fingerprint density at radius 2 is 1.89 bits per heavy atom. The molecule has 1 aliphatic rings. The molecule has 0 N–H and O–H groups in total. The quantitative estimate of drug-likeness (QED) is 0.383. The van der Waals surface area contributed by atoms with Crippen molar-refractivity contribution in [1.82, 2.24) is 0 Å². The lowest BCUT2D eigenvalue weighted by Gasteiger charge is -2.06. The van der Waals surface area contributed by atoms with Gasteiger partial charge in [-0.2, -0.15) is 0 Å². The van der Waals surface area contributed by atoms with Crippen LogP contribution in [0, 0.1) is 17.3 Å². The summed E-state index contributed by atoms with van der Waals surface area (Å²) in [4.78, 5) is 12.0. The van der Waals surface area contributed by atoms with Crippen LogP contribution in [0.1, 0.15) is 47.5 Å². The molecule has 0 aromatic rings. The average molecular weight is 268 g/mol. The minimum absolute atomic E-state index is 0.0121. The van der Waals surface area contributed by atoms with Crippen molar-refractivity contribution in [2.45, 2.75) is 47.5 Å². The molecule has 3 heteroatoms. The zero-order valence-corrected chi connectivity index (χ0v) is 13.0. The Hall–Kier alpha value is -0.830. The van der Waals surface area contributed by atoms with Gasteiger partial charge in [-0.3, -0.25) is 4.79 Å². The van der Waals surface area contributed by atoms with Crippen LogP contribution in [0.5, 0.6) is 0 Å². The second kappa shape index (κ2) is 7.09. The van der Waals surface area contributed by atoms with Gasteiger partial charge in [0.05, 0.1) is 12.5 Å². The van der Waals surface area contributed by atoms with Crippen molar-refractivity contribution in [3.63, 3.8) is 0 Å². The summed E-state index contributed by atoms with van der Waals surface area (Å²) in [7, 11) is 0. The van der Waals surface area contributed by atoms with Gasteiger partial charge >= 0.3 is 5.97 Å². The number of esters is 1. The van der Waals surface area contributed by atoms with Crippen LogP contribution in [0.15, 0.2) is 11.6 Å². The van der Waals surface area contributed by atoms with Gasteiger partial charge in [-0.05, 0) is 31.6 Å². The molecule has 0 aromatic carbocycles. The molecule has 0 amide bonds. The Morgan fingerprint density at radius 3 is 2.47 bits per heavy atom. The highest BCUT2D eigenvalue weighted by Gasteiger charge is 2.61. The highest BCUT2D eigenvalue weighted by atomic mass is 16.6. The van der Waals surface area contributed by atoms with Gasteiger partial charge in [0.1, 0.15) is 6.61 Å². The molecule has 1 aliphatic carbocycles. The zero-order chi connectivity index (χ0) is 14.5. The summed E-state index contributed by atoms with van der Waals surface area (Å²) in [6, 6.07) is 0. The summed E-state index contributed by atoms with van der Waals surface area (Å²) in [6.07, 6.45) is 4.37. The standard InChI is InChI=1S/C16H28O3/c1-6-7-8-18-9-10-19-15(17)14-13(11-12(2)3)16(14,4)5/h11,13-14H,6-10H2,1-5H3/t13-,14+/m1/s1. The predicted octanol–water partition coefficient (Wildman–Crippen LogP) is 3.58. The Kier molecular flexibility index (Phi) is 6.05. The van der Waals surface area contributed by atoms with Gasteiger partial charge in [0.2, 0.25) is 0 Å². The molecule has 0 aromatic heterocycles. The summed E-state index contributed by atoms with van der Waals surface area (Å²) in [6.45, 7) is 12.1. The van der Waals surface area contributed by atoms with Gasteiger partial charge in [-0.25, -0.2) is 0 Å². The molecule has 0 radical (unpaired) electrons. The molecule has 0 saturated heterocycles. The first-order valence-electron chi connectivity index (χ1n) is 7.30. The van der Waals surface area contributed by atoms with Crippen molar-refractivity contribution in [1.29, 1.82) is 0 Å². The summed E-state index contributed by atoms with van der Waals surface area (Å²) in [5.74, 6) is 0.260. The molecule has 1 saturated carbocycles. The van der Waals surface area contributed by atoms with Crippen LogP contribution >= 0.6 is 0 Å². The lowest BCUT2D eigenvalue weighted by Crippen LogP contribution is -2.14. The molecule has 3 nitrogen and oxygen atoms in total. The second-order valence-electron chi connectivity index (χ2n) is 6.20. The molecule has 1 rings (SSSR count). The van der Waals surface area contributed by atoms with E-state index in [9.17, 15) is 4.79 Å². The number of ether oxygens (including phenoxy) is 2. The third kappa shape index (κ3) is 4.64. The van der Waals surface area contributed by atoms with Crippen LogP contribution in [0.3, 0.4) is 0 Å². The molecule has 0 aliphatic heterocycles. The summed E-state index contributed by atoms with van der Waals surface area (Å²) in [5.41, 5.74) is 1.30. The molecule has 1 fully saturated rings. The number of allylic oxidation sites excluding steroid dienone is 2. The van der Waals surface area contributed by atoms with Gasteiger partial charge < -0.3 is 9.47 Å². The van der Waals surface area contributed by atoms with Crippen LogP contribution in [0.25, 0.3) is 0 Å². The third-order valence-electron chi connectivity index (χ3n) is 3.79. The van der Waals surface area contributed by atoms with Crippen LogP contribution in [0.2, 0.25) is 0 Å². The SMILES string of the molecule is CCCCOCCOC(=O)[C@@H]1[C@@H](C=C(C)C)C1(C)C. The highest BCUT2D eigenvalue weighted by molar-refractivity contribution is 5.78. The van der Waals surface area contributed by atoms with Gasteiger partial charge in [0.15, 0.2) is 0 Å². The first-order chi connectivity index (χ1) is 8.91. The highest BCUT2D eigenvalue weighted by Crippen LogP contribution is 2.59. The Balaban J connectivity index is 2.26. The van der Waals surface area contributed by atoms with E-state index in [-0.39, 0.29) is 17.3 Å². The molecular weight excluding hydrogens is 240 g/mol. The van der Waals surface area contributed by atoms with Crippen LogP contribution in [-0.4, -0.2) is 25.8 Å². The molecule has 2 atom stereocenters. The van der Waals surface area contributed by atoms with E-state index in [0.29, 0.717) is 19.1 Å². The molecule has 0 spiro atoms. The van der Waals surface area contributed by atoms with E-state index in [1.807, 2.05) is 0 Å². The van der Waals surface area contributed by atoms with E-state index < -0.39 is 0 Å². The fraction of sp³-hybridized carbons (Fsp3) is 0.812. The van der Waals surface area contributed by atoms with Crippen molar-refractivity contribution < 1.29 is 14.3 Å². The Morgan fingerprint density at radius 1 is 1.21 bits per heavy atom. The molecule has 0 heterocycles. The molecule has 0 bridgehead atoms. The molecule has 0 unspecified atom stereocenters. The average Bonchev–Trinajstić information content (AvgIpc) is 2.84. The van der Waals surface area contributed by atoms with E-state index >= 15 is 0 Å². The number of rotatable bonds is 8. The predicted molar refractivity (Wildman–Crippen MR) is 76.9 cm³/mol. The number of unbranched alkanes of at least 4 members (excludes halogenated alkanes) is 1. The van der Waals surface area contributed by atoms with Crippen LogP contribution in [-0.2, 0) is 14.3 Å². The minimum atomic E-state index is -0.0772. The van der Waals surface area contributed by atoms with Gasteiger partial charge in [0, 0.05) is 6.61 Å². The van der Waals surface area contributed by atoms with Gasteiger partial charge in [-0.15, -0.1) is 0 Å². The minimum Gasteiger partial charge on any atom is -0.463 e. The normalized spacial score (nSPS) is 23.8. The van der Waals surface area contributed by atoms with Gasteiger partial charge in [0.25, 0.3) is 0 Å². The second-order valence-corrected chi connectivity index (χ2v) is 6.20. The van der Waals surface area contributed by atoms with E-state index in [2.05, 4.69) is 40.7 Å². The molecule has 110 valence electrons. The summed E-state index contributed by atoms with van der Waals surface area (Å²) < 4.78 is 10.7. The van der Waals surface area contributed by atoms with Crippen molar-refractivity contribution in [2.75, 3.05) is 19.8 Å². The topological polar surface area (TPSA) is 35.5 Å². The maximum atomic E-state index is 12.0. The smallest absolute Gasteiger partial charge is 0.310 e. The third-order valence-corrected chi connectivity index (χ3v) is 3.79. The molecule has 19 heavy (non-hydrogen) atoms. The van der Waals surface area contributed by atoms with E-state index in [1.54, 1.807) is 0 Å². The first kappa shape index (κ1) is 16.2. The lowest BCUT2D eigenvalue weighted by atomic mass is 10.1. The van der Waals surface area contributed by atoms with Crippen molar-refractivity contribution in [2.24, 2.45) is 17.3 Å². The van der Waals surface area contributed by atoms with Crippen LogP contribution < -0.4 is 0 Å². The molecular formula is C16H28O3. The Labute approximate surface area is 117 Å². The summed E-state index contributed by atoms with van der Waals surface area (Å²) in [5, 5.41) is 0. The van der Waals surface area contributed by atoms with E-state index in [1.165, 1.54) is 5.57 Å². The monoisotopic (exact) mass is 268 g/mol. The Bertz CT molecular complexity index is 327. The van der Waals surface area contributed by atoms with Crippen molar-refractivity contribution in [3.8, 4) is 0 Å².